The van der Waals surface area contributed by atoms with Crippen molar-refractivity contribution in [2.75, 3.05) is 11.0 Å². The normalized spacial score (nSPS) is 22.6. The number of amides is 1. The number of carbonyl (C=O) groups excluding carboxylic acids is 1. The minimum absolute atomic E-state index is 0.101. The first-order chi connectivity index (χ1) is 9.85. The second-order valence-electron chi connectivity index (χ2n) is 5.50. The Hall–Kier alpha value is -1.60. The van der Waals surface area contributed by atoms with Gasteiger partial charge in [-0.05, 0) is 37.8 Å². The Bertz CT molecular complexity index is 608. The Morgan fingerprint density at radius 3 is 2.43 bits per heavy atom. The molecule has 1 aliphatic carbocycles. The molecule has 1 fully saturated rings. The molecule has 1 aromatic carbocycles. The van der Waals surface area contributed by atoms with Crippen LogP contribution < -0.4 is 15.8 Å². The lowest BCUT2D eigenvalue weighted by molar-refractivity contribution is 0.0927. The summed E-state index contributed by atoms with van der Waals surface area (Å²) >= 11 is 0. The molecule has 6 nitrogen and oxygen atoms in total. The zero-order valence-electron chi connectivity index (χ0n) is 12.0. The van der Waals surface area contributed by atoms with Crippen molar-refractivity contribution in [3.8, 4) is 0 Å². The number of nitrogens with one attached hydrogen (secondary N) is 2. The number of benzene rings is 1. The van der Waals surface area contributed by atoms with E-state index in [1.807, 2.05) is 0 Å². The molecule has 0 aromatic heterocycles. The molecule has 2 rings (SSSR count). The SMILES string of the molecule is CS(=O)(=O)Nc1ccccc1C(=O)NC1CCC(N)CC1. The van der Waals surface area contributed by atoms with E-state index in [1.165, 1.54) is 0 Å². The highest BCUT2D eigenvalue weighted by Crippen LogP contribution is 2.20. The van der Waals surface area contributed by atoms with Crippen LogP contribution in [0.25, 0.3) is 0 Å². The van der Waals surface area contributed by atoms with Gasteiger partial charge in [0, 0.05) is 12.1 Å². The molecule has 1 amide bonds. The van der Waals surface area contributed by atoms with Crippen LogP contribution >= 0.6 is 0 Å². The summed E-state index contributed by atoms with van der Waals surface area (Å²) in [6, 6.07) is 6.90. The van der Waals surface area contributed by atoms with Gasteiger partial charge in [0.15, 0.2) is 0 Å². The smallest absolute Gasteiger partial charge is 0.253 e. The largest absolute Gasteiger partial charge is 0.349 e. The Labute approximate surface area is 125 Å². The molecule has 116 valence electrons. The van der Waals surface area contributed by atoms with Gasteiger partial charge in [-0.3, -0.25) is 9.52 Å². The average molecular weight is 311 g/mol. The zero-order chi connectivity index (χ0) is 15.5. The first-order valence-corrected chi connectivity index (χ1v) is 8.87. The molecule has 21 heavy (non-hydrogen) atoms. The number of anilines is 1. The number of hydrogen-bond acceptors (Lipinski definition) is 4. The number of para-hydroxylation sites is 1. The molecule has 0 saturated heterocycles. The van der Waals surface area contributed by atoms with Crippen LogP contribution in [0.3, 0.4) is 0 Å². The van der Waals surface area contributed by atoms with E-state index < -0.39 is 10.0 Å². The van der Waals surface area contributed by atoms with Gasteiger partial charge in [0.1, 0.15) is 0 Å². The molecule has 1 aliphatic rings. The van der Waals surface area contributed by atoms with Gasteiger partial charge in [-0.2, -0.15) is 0 Å². The number of hydrogen-bond donors (Lipinski definition) is 3. The van der Waals surface area contributed by atoms with Crippen molar-refractivity contribution in [3.63, 3.8) is 0 Å². The summed E-state index contributed by atoms with van der Waals surface area (Å²) in [5, 5.41) is 2.95. The summed E-state index contributed by atoms with van der Waals surface area (Å²) in [4.78, 5) is 12.3. The summed E-state index contributed by atoms with van der Waals surface area (Å²) in [7, 11) is -3.42. The van der Waals surface area contributed by atoms with Crippen LogP contribution in [-0.2, 0) is 10.0 Å². The van der Waals surface area contributed by atoms with Crippen molar-refractivity contribution in [2.45, 2.75) is 37.8 Å². The number of rotatable bonds is 4. The Morgan fingerprint density at radius 1 is 1.19 bits per heavy atom. The predicted octanol–water partition coefficient (Wildman–Crippen LogP) is 1.06. The highest BCUT2D eigenvalue weighted by atomic mass is 32.2. The van der Waals surface area contributed by atoms with Gasteiger partial charge in [-0.15, -0.1) is 0 Å². The van der Waals surface area contributed by atoms with E-state index in [0.29, 0.717) is 11.3 Å². The number of carbonyl (C=O) groups is 1. The van der Waals surface area contributed by atoms with E-state index in [0.717, 1.165) is 31.9 Å². The highest BCUT2D eigenvalue weighted by Gasteiger charge is 2.22. The maximum atomic E-state index is 12.3. The van der Waals surface area contributed by atoms with Crippen molar-refractivity contribution >= 4 is 21.6 Å². The fraction of sp³-hybridized carbons (Fsp3) is 0.500. The molecule has 0 heterocycles. The lowest BCUT2D eigenvalue weighted by atomic mass is 9.91. The van der Waals surface area contributed by atoms with E-state index in [1.54, 1.807) is 24.3 Å². The molecule has 1 saturated carbocycles. The quantitative estimate of drug-likeness (QED) is 0.773. The summed E-state index contributed by atoms with van der Waals surface area (Å²) < 4.78 is 25.1. The van der Waals surface area contributed by atoms with E-state index in [4.69, 9.17) is 5.73 Å². The van der Waals surface area contributed by atoms with Crippen LogP contribution in [0.15, 0.2) is 24.3 Å². The predicted molar refractivity (Wildman–Crippen MR) is 82.6 cm³/mol. The fourth-order valence-electron chi connectivity index (χ4n) is 2.50. The third kappa shape index (κ3) is 4.71. The first-order valence-electron chi connectivity index (χ1n) is 6.98. The van der Waals surface area contributed by atoms with Gasteiger partial charge in [-0.1, -0.05) is 12.1 Å². The first kappa shape index (κ1) is 15.8. The maximum Gasteiger partial charge on any atom is 0.253 e. The standard InChI is InChI=1S/C14H21N3O3S/c1-21(19,20)17-13-5-3-2-4-12(13)14(18)16-11-8-6-10(15)7-9-11/h2-5,10-11,17H,6-9,15H2,1H3,(H,16,18). The van der Waals surface area contributed by atoms with Gasteiger partial charge in [0.2, 0.25) is 10.0 Å². The van der Waals surface area contributed by atoms with Crippen LogP contribution in [0.4, 0.5) is 5.69 Å². The fourth-order valence-corrected chi connectivity index (χ4v) is 3.07. The van der Waals surface area contributed by atoms with E-state index in [2.05, 4.69) is 10.0 Å². The summed E-state index contributed by atoms with van der Waals surface area (Å²) in [5.74, 6) is -0.262. The number of sulfonamides is 1. The molecular formula is C14H21N3O3S. The molecule has 0 unspecified atom stereocenters. The summed E-state index contributed by atoms with van der Waals surface area (Å²) in [5.41, 5.74) is 6.47. The molecule has 0 atom stereocenters. The van der Waals surface area contributed by atoms with Crippen LogP contribution in [0.1, 0.15) is 36.0 Å². The van der Waals surface area contributed by atoms with Crippen LogP contribution in [-0.4, -0.2) is 32.7 Å². The lowest BCUT2D eigenvalue weighted by Crippen LogP contribution is -2.40. The average Bonchev–Trinajstić information content (AvgIpc) is 2.40. The van der Waals surface area contributed by atoms with Gasteiger partial charge >= 0.3 is 0 Å². The van der Waals surface area contributed by atoms with E-state index >= 15 is 0 Å². The Morgan fingerprint density at radius 2 is 1.81 bits per heavy atom. The van der Waals surface area contributed by atoms with Gasteiger partial charge in [0.05, 0.1) is 17.5 Å². The van der Waals surface area contributed by atoms with Crippen LogP contribution in [0.2, 0.25) is 0 Å². The van der Waals surface area contributed by atoms with Gasteiger partial charge < -0.3 is 11.1 Å². The third-order valence-electron chi connectivity index (χ3n) is 3.57. The minimum atomic E-state index is -3.42. The molecule has 7 heteroatoms. The summed E-state index contributed by atoms with van der Waals surface area (Å²) in [6.07, 6.45) is 4.57. The van der Waals surface area contributed by atoms with Gasteiger partial charge in [0.25, 0.3) is 5.91 Å². The lowest BCUT2D eigenvalue weighted by Gasteiger charge is -2.27. The zero-order valence-corrected chi connectivity index (χ0v) is 12.8. The van der Waals surface area contributed by atoms with Gasteiger partial charge in [-0.25, -0.2) is 8.42 Å². The maximum absolute atomic E-state index is 12.3. The molecule has 1 aromatic rings. The van der Waals surface area contributed by atoms with Crippen LogP contribution in [0, 0.1) is 0 Å². The molecule has 0 spiro atoms. The topological polar surface area (TPSA) is 101 Å². The molecular weight excluding hydrogens is 290 g/mol. The van der Waals surface area contributed by atoms with E-state index in [9.17, 15) is 13.2 Å². The number of nitrogens with two attached hydrogens (primary N) is 1. The van der Waals surface area contributed by atoms with Crippen molar-refractivity contribution < 1.29 is 13.2 Å². The molecule has 0 radical (unpaired) electrons. The highest BCUT2D eigenvalue weighted by molar-refractivity contribution is 7.92. The Balaban J connectivity index is 2.09. The Kier molecular flexibility index (Phi) is 4.84. The molecule has 4 N–H and O–H groups in total. The summed E-state index contributed by atoms with van der Waals surface area (Å²) in [6.45, 7) is 0. The monoisotopic (exact) mass is 311 g/mol. The second kappa shape index (κ2) is 6.44. The molecule has 0 bridgehead atoms. The second-order valence-corrected chi connectivity index (χ2v) is 7.25. The minimum Gasteiger partial charge on any atom is -0.349 e. The van der Waals surface area contributed by atoms with Crippen molar-refractivity contribution in [1.82, 2.24) is 5.32 Å². The van der Waals surface area contributed by atoms with Crippen molar-refractivity contribution in [1.29, 1.82) is 0 Å². The van der Waals surface area contributed by atoms with Crippen molar-refractivity contribution in [2.24, 2.45) is 5.73 Å². The van der Waals surface area contributed by atoms with E-state index in [-0.39, 0.29) is 18.0 Å². The van der Waals surface area contributed by atoms with Crippen molar-refractivity contribution in [3.05, 3.63) is 29.8 Å². The third-order valence-corrected chi connectivity index (χ3v) is 4.16. The van der Waals surface area contributed by atoms with Crippen LogP contribution in [0.5, 0.6) is 0 Å². The molecule has 0 aliphatic heterocycles.